The third kappa shape index (κ3) is 3.54. The standard InChI is InChI=1S/C14H13BrFN3O/c1-2-17-13-12(7-10(16)8-18-13)14(20)19-11-5-3-9(15)4-6-11/h3-8H,2H2,1H3,(H,17,18)(H,19,20). The second-order valence-electron chi connectivity index (χ2n) is 4.04. The maximum absolute atomic E-state index is 13.3. The van der Waals surface area contributed by atoms with Gasteiger partial charge in [0.15, 0.2) is 0 Å². The number of nitrogens with one attached hydrogen (secondary N) is 2. The van der Waals surface area contributed by atoms with E-state index in [2.05, 4.69) is 31.5 Å². The van der Waals surface area contributed by atoms with Crippen molar-refractivity contribution in [3.63, 3.8) is 0 Å². The third-order valence-electron chi connectivity index (χ3n) is 2.55. The van der Waals surface area contributed by atoms with Crippen LogP contribution in [-0.4, -0.2) is 17.4 Å². The number of hydrogen-bond acceptors (Lipinski definition) is 3. The van der Waals surface area contributed by atoms with Crippen LogP contribution in [-0.2, 0) is 0 Å². The van der Waals surface area contributed by atoms with Gasteiger partial charge in [-0.25, -0.2) is 9.37 Å². The van der Waals surface area contributed by atoms with Crippen LogP contribution in [0.5, 0.6) is 0 Å². The Morgan fingerprint density at radius 1 is 1.35 bits per heavy atom. The van der Waals surface area contributed by atoms with Gasteiger partial charge in [0.05, 0.1) is 11.8 Å². The van der Waals surface area contributed by atoms with Crippen molar-refractivity contribution in [1.29, 1.82) is 0 Å². The normalized spacial score (nSPS) is 10.2. The highest BCUT2D eigenvalue weighted by Crippen LogP contribution is 2.18. The van der Waals surface area contributed by atoms with Crippen molar-refractivity contribution in [2.75, 3.05) is 17.2 Å². The fraction of sp³-hybridized carbons (Fsp3) is 0.143. The summed E-state index contributed by atoms with van der Waals surface area (Å²) in [6, 6.07) is 8.29. The topological polar surface area (TPSA) is 54.0 Å². The Bertz CT molecular complexity index is 616. The van der Waals surface area contributed by atoms with E-state index >= 15 is 0 Å². The highest BCUT2D eigenvalue weighted by Gasteiger charge is 2.14. The molecule has 1 heterocycles. The van der Waals surface area contributed by atoms with Crippen LogP contribution in [0.15, 0.2) is 41.0 Å². The number of halogens is 2. The fourth-order valence-electron chi connectivity index (χ4n) is 1.65. The molecule has 104 valence electrons. The van der Waals surface area contributed by atoms with Gasteiger partial charge < -0.3 is 10.6 Å². The van der Waals surface area contributed by atoms with Crippen LogP contribution in [0.3, 0.4) is 0 Å². The predicted molar refractivity (Wildman–Crippen MR) is 80.5 cm³/mol. The van der Waals surface area contributed by atoms with Gasteiger partial charge in [0.1, 0.15) is 11.6 Å². The van der Waals surface area contributed by atoms with E-state index in [1.54, 1.807) is 12.1 Å². The van der Waals surface area contributed by atoms with E-state index < -0.39 is 11.7 Å². The molecule has 0 atom stereocenters. The number of amides is 1. The molecule has 6 heteroatoms. The Hall–Kier alpha value is -1.95. The van der Waals surface area contributed by atoms with Crippen molar-refractivity contribution in [3.8, 4) is 0 Å². The molecule has 1 aromatic carbocycles. The highest BCUT2D eigenvalue weighted by atomic mass is 79.9. The van der Waals surface area contributed by atoms with E-state index in [0.29, 0.717) is 18.1 Å². The van der Waals surface area contributed by atoms with Gasteiger partial charge in [-0.05, 0) is 37.3 Å². The van der Waals surface area contributed by atoms with E-state index in [1.165, 1.54) is 6.07 Å². The molecule has 0 fully saturated rings. The molecule has 0 radical (unpaired) electrons. The quantitative estimate of drug-likeness (QED) is 0.894. The molecule has 20 heavy (non-hydrogen) atoms. The molecule has 0 aliphatic rings. The van der Waals surface area contributed by atoms with Gasteiger partial charge in [-0.3, -0.25) is 4.79 Å². The zero-order chi connectivity index (χ0) is 14.5. The summed E-state index contributed by atoms with van der Waals surface area (Å²) in [7, 11) is 0. The zero-order valence-electron chi connectivity index (χ0n) is 10.8. The molecule has 0 bridgehead atoms. The van der Waals surface area contributed by atoms with Crippen LogP contribution < -0.4 is 10.6 Å². The number of benzene rings is 1. The van der Waals surface area contributed by atoms with Crippen molar-refractivity contribution in [1.82, 2.24) is 4.98 Å². The first kappa shape index (κ1) is 14.5. The molecular weight excluding hydrogens is 325 g/mol. The first-order valence-corrected chi connectivity index (χ1v) is 6.85. The molecule has 2 rings (SSSR count). The number of nitrogens with zero attached hydrogens (tertiary/aromatic N) is 1. The second kappa shape index (κ2) is 6.47. The van der Waals surface area contributed by atoms with Crippen LogP contribution >= 0.6 is 15.9 Å². The zero-order valence-corrected chi connectivity index (χ0v) is 12.4. The van der Waals surface area contributed by atoms with E-state index in [9.17, 15) is 9.18 Å². The van der Waals surface area contributed by atoms with E-state index in [-0.39, 0.29) is 5.56 Å². The summed E-state index contributed by atoms with van der Waals surface area (Å²) in [5, 5.41) is 5.64. The van der Waals surface area contributed by atoms with Gasteiger partial charge in [0, 0.05) is 16.7 Å². The summed E-state index contributed by atoms with van der Waals surface area (Å²) >= 11 is 3.32. The van der Waals surface area contributed by atoms with Crippen molar-refractivity contribution in [2.24, 2.45) is 0 Å². The first-order valence-electron chi connectivity index (χ1n) is 6.06. The lowest BCUT2D eigenvalue weighted by molar-refractivity contribution is 0.102. The Morgan fingerprint density at radius 3 is 2.70 bits per heavy atom. The number of pyridine rings is 1. The molecule has 4 nitrogen and oxygen atoms in total. The van der Waals surface area contributed by atoms with Crippen molar-refractivity contribution in [2.45, 2.75) is 6.92 Å². The SMILES string of the molecule is CCNc1ncc(F)cc1C(=O)Nc1ccc(Br)cc1. The number of aromatic nitrogens is 1. The van der Waals surface area contributed by atoms with Gasteiger partial charge in [-0.1, -0.05) is 15.9 Å². The minimum absolute atomic E-state index is 0.176. The monoisotopic (exact) mass is 337 g/mol. The molecular formula is C14H13BrFN3O. The highest BCUT2D eigenvalue weighted by molar-refractivity contribution is 9.10. The van der Waals surface area contributed by atoms with Crippen LogP contribution in [0.2, 0.25) is 0 Å². The largest absolute Gasteiger partial charge is 0.370 e. The summed E-state index contributed by atoms with van der Waals surface area (Å²) in [6.07, 6.45) is 1.08. The summed E-state index contributed by atoms with van der Waals surface area (Å²) in [6.45, 7) is 2.47. The lowest BCUT2D eigenvalue weighted by Gasteiger charge is -2.10. The van der Waals surface area contributed by atoms with Gasteiger partial charge >= 0.3 is 0 Å². The maximum atomic E-state index is 13.3. The lowest BCUT2D eigenvalue weighted by Crippen LogP contribution is -2.16. The lowest BCUT2D eigenvalue weighted by atomic mass is 10.2. The average Bonchev–Trinajstić information content (AvgIpc) is 2.43. The maximum Gasteiger partial charge on any atom is 0.259 e. The first-order chi connectivity index (χ1) is 9.60. The number of hydrogen-bond donors (Lipinski definition) is 2. The van der Waals surface area contributed by atoms with E-state index in [4.69, 9.17) is 0 Å². The van der Waals surface area contributed by atoms with Gasteiger partial charge in [-0.15, -0.1) is 0 Å². The smallest absolute Gasteiger partial charge is 0.259 e. The minimum Gasteiger partial charge on any atom is -0.370 e. The molecule has 0 saturated heterocycles. The predicted octanol–water partition coefficient (Wildman–Crippen LogP) is 3.67. The summed E-state index contributed by atoms with van der Waals surface area (Å²) in [4.78, 5) is 16.1. The summed E-state index contributed by atoms with van der Waals surface area (Å²) < 4.78 is 14.2. The molecule has 0 unspecified atom stereocenters. The van der Waals surface area contributed by atoms with Crippen molar-refractivity contribution >= 4 is 33.3 Å². The molecule has 2 N–H and O–H groups in total. The number of rotatable bonds is 4. The molecule has 0 aliphatic heterocycles. The van der Waals surface area contributed by atoms with Gasteiger partial charge in [-0.2, -0.15) is 0 Å². The number of carbonyl (C=O) groups excluding carboxylic acids is 1. The van der Waals surface area contributed by atoms with Crippen LogP contribution in [0.4, 0.5) is 15.9 Å². The Kier molecular flexibility index (Phi) is 4.68. The third-order valence-corrected chi connectivity index (χ3v) is 3.07. The van der Waals surface area contributed by atoms with Crippen LogP contribution in [0.1, 0.15) is 17.3 Å². The molecule has 0 aliphatic carbocycles. The van der Waals surface area contributed by atoms with Gasteiger partial charge in [0.25, 0.3) is 5.91 Å². The minimum atomic E-state index is -0.549. The summed E-state index contributed by atoms with van der Waals surface area (Å²) in [5.74, 6) is -0.591. The summed E-state index contributed by atoms with van der Waals surface area (Å²) in [5.41, 5.74) is 0.805. The van der Waals surface area contributed by atoms with Crippen LogP contribution in [0.25, 0.3) is 0 Å². The van der Waals surface area contributed by atoms with E-state index in [1.807, 2.05) is 19.1 Å². The Balaban J connectivity index is 2.23. The number of anilines is 2. The average molecular weight is 338 g/mol. The molecule has 0 spiro atoms. The van der Waals surface area contributed by atoms with Crippen molar-refractivity contribution < 1.29 is 9.18 Å². The molecule has 2 aromatic rings. The second-order valence-corrected chi connectivity index (χ2v) is 4.96. The van der Waals surface area contributed by atoms with E-state index in [0.717, 1.165) is 10.7 Å². The Labute approximate surface area is 124 Å². The molecule has 1 amide bonds. The fourth-order valence-corrected chi connectivity index (χ4v) is 1.92. The number of carbonyl (C=O) groups is 1. The Morgan fingerprint density at radius 2 is 2.05 bits per heavy atom. The van der Waals surface area contributed by atoms with Crippen molar-refractivity contribution in [3.05, 3.63) is 52.4 Å². The van der Waals surface area contributed by atoms with Gasteiger partial charge in [0.2, 0.25) is 0 Å². The molecule has 1 aromatic heterocycles. The van der Waals surface area contributed by atoms with Crippen LogP contribution in [0, 0.1) is 5.82 Å². The molecule has 0 saturated carbocycles.